The van der Waals surface area contributed by atoms with Crippen LogP contribution in [-0.2, 0) is 17.4 Å². The average Bonchev–Trinajstić information content (AvgIpc) is 2.47. The molecule has 0 saturated carbocycles. The van der Waals surface area contributed by atoms with E-state index < -0.39 is 10.8 Å². The number of anilines is 1. The molecule has 0 unspecified atom stereocenters. The van der Waals surface area contributed by atoms with Crippen molar-refractivity contribution in [1.29, 1.82) is 0 Å². The highest BCUT2D eigenvalue weighted by atomic mass is 32.2. The maximum atomic E-state index is 11.5. The van der Waals surface area contributed by atoms with Gasteiger partial charge in [0.1, 0.15) is 0 Å². The number of benzene rings is 1. The molecule has 1 aromatic carbocycles. The monoisotopic (exact) mass is 276 g/mol. The van der Waals surface area contributed by atoms with Crippen LogP contribution in [0.2, 0.25) is 0 Å². The van der Waals surface area contributed by atoms with Gasteiger partial charge in [-0.3, -0.25) is 9.19 Å². The number of hydrogen-bond acceptors (Lipinski definition) is 4. The molecule has 1 aliphatic rings. The van der Waals surface area contributed by atoms with Gasteiger partial charge in [0.25, 0.3) is 0 Å². The predicted molar refractivity (Wildman–Crippen MR) is 77.8 cm³/mol. The molecule has 2 heterocycles. The van der Waals surface area contributed by atoms with Gasteiger partial charge < -0.3 is 10.0 Å². The molecule has 3 rings (SSSR count). The van der Waals surface area contributed by atoms with Gasteiger partial charge in [-0.25, -0.2) is 0 Å². The predicted octanol–water partition coefficient (Wildman–Crippen LogP) is 1.30. The third-order valence-corrected chi connectivity index (χ3v) is 4.70. The molecule has 5 heteroatoms. The van der Waals surface area contributed by atoms with Crippen LogP contribution in [0.15, 0.2) is 30.3 Å². The smallest absolute Gasteiger partial charge is 0.0854 e. The molecule has 0 atom stereocenters. The van der Waals surface area contributed by atoms with Crippen molar-refractivity contribution in [2.45, 2.75) is 6.61 Å². The van der Waals surface area contributed by atoms with Gasteiger partial charge in [-0.1, -0.05) is 18.2 Å². The van der Waals surface area contributed by atoms with Crippen LogP contribution in [-0.4, -0.2) is 38.9 Å². The van der Waals surface area contributed by atoms with E-state index in [1.165, 1.54) is 0 Å². The molecular formula is C14H16N2O2S. The van der Waals surface area contributed by atoms with E-state index in [1.807, 2.05) is 30.3 Å². The van der Waals surface area contributed by atoms with Crippen LogP contribution in [0.25, 0.3) is 10.9 Å². The Balaban J connectivity index is 2.08. The Kier molecular flexibility index (Phi) is 3.48. The number of aromatic nitrogens is 1. The van der Waals surface area contributed by atoms with Gasteiger partial charge in [-0.05, 0) is 12.1 Å². The Morgan fingerprint density at radius 1 is 1.26 bits per heavy atom. The Morgan fingerprint density at radius 2 is 2.00 bits per heavy atom. The van der Waals surface area contributed by atoms with E-state index in [0.717, 1.165) is 29.7 Å². The third kappa shape index (κ3) is 2.48. The van der Waals surface area contributed by atoms with Crippen molar-refractivity contribution in [1.82, 2.24) is 4.98 Å². The zero-order valence-corrected chi connectivity index (χ0v) is 11.4. The summed E-state index contributed by atoms with van der Waals surface area (Å²) in [5, 5.41) is 10.4. The molecule has 0 radical (unpaired) electrons. The Labute approximate surface area is 114 Å². The zero-order valence-electron chi connectivity index (χ0n) is 10.6. The van der Waals surface area contributed by atoms with Crippen molar-refractivity contribution >= 4 is 27.4 Å². The minimum absolute atomic E-state index is 0.0579. The van der Waals surface area contributed by atoms with Crippen LogP contribution >= 0.6 is 0 Å². The van der Waals surface area contributed by atoms with E-state index in [4.69, 9.17) is 0 Å². The summed E-state index contributed by atoms with van der Waals surface area (Å²) in [4.78, 5) is 6.67. The van der Waals surface area contributed by atoms with E-state index >= 15 is 0 Å². The number of rotatable bonds is 2. The van der Waals surface area contributed by atoms with Crippen molar-refractivity contribution in [3.8, 4) is 0 Å². The van der Waals surface area contributed by atoms with E-state index in [2.05, 4.69) is 9.88 Å². The lowest BCUT2D eigenvalue weighted by atomic mass is 10.1. The summed E-state index contributed by atoms with van der Waals surface area (Å²) in [7, 11) is -0.682. The lowest BCUT2D eigenvalue weighted by Gasteiger charge is -2.29. The van der Waals surface area contributed by atoms with Gasteiger partial charge in [0.2, 0.25) is 0 Å². The van der Waals surface area contributed by atoms with Gasteiger partial charge in [-0.2, -0.15) is 0 Å². The van der Waals surface area contributed by atoms with Crippen LogP contribution in [0.5, 0.6) is 0 Å². The molecule has 4 nitrogen and oxygen atoms in total. The molecular weight excluding hydrogens is 260 g/mol. The number of aliphatic hydroxyl groups excluding tert-OH is 1. The van der Waals surface area contributed by atoms with Crippen LogP contribution in [0.3, 0.4) is 0 Å². The molecule has 0 bridgehead atoms. The first-order valence-corrected chi connectivity index (χ1v) is 7.86. The van der Waals surface area contributed by atoms with Crippen molar-refractivity contribution in [3.05, 3.63) is 36.0 Å². The summed E-state index contributed by atoms with van der Waals surface area (Å²) in [6.07, 6.45) is 0. The molecule has 0 amide bonds. The Bertz CT molecular complexity index is 620. The highest BCUT2D eigenvalue weighted by Gasteiger charge is 2.18. The first-order valence-electron chi connectivity index (χ1n) is 6.37. The fourth-order valence-corrected chi connectivity index (χ4v) is 3.48. The summed E-state index contributed by atoms with van der Waals surface area (Å²) in [6.45, 7) is 1.54. The average molecular weight is 276 g/mol. The first kappa shape index (κ1) is 12.6. The second-order valence-corrected chi connectivity index (χ2v) is 6.34. The highest BCUT2D eigenvalue weighted by molar-refractivity contribution is 7.85. The number of aliphatic hydroxyl groups is 1. The summed E-state index contributed by atoms with van der Waals surface area (Å²) in [5.41, 5.74) is 2.67. The van der Waals surface area contributed by atoms with Crippen LogP contribution in [0.4, 0.5) is 5.69 Å². The molecule has 1 fully saturated rings. The standard InChI is InChI=1S/C14H16N2O2S/c17-10-11-9-14(16-5-7-19(18)8-6-16)12-3-1-2-4-13(12)15-11/h1-4,9,17H,5-8,10H2. The lowest BCUT2D eigenvalue weighted by molar-refractivity contribution is 0.277. The first-order chi connectivity index (χ1) is 9.28. The van der Waals surface area contributed by atoms with Gasteiger partial charge >= 0.3 is 0 Å². The van der Waals surface area contributed by atoms with Gasteiger partial charge in [0, 0.05) is 46.5 Å². The van der Waals surface area contributed by atoms with E-state index in [-0.39, 0.29) is 6.61 Å². The Morgan fingerprint density at radius 3 is 2.74 bits per heavy atom. The lowest BCUT2D eigenvalue weighted by Crippen LogP contribution is -2.37. The van der Waals surface area contributed by atoms with E-state index in [1.54, 1.807) is 0 Å². The van der Waals surface area contributed by atoms with Crippen molar-refractivity contribution in [3.63, 3.8) is 0 Å². The largest absolute Gasteiger partial charge is 0.390 e. The van der Waals surface area contributed by atoms with Crippen molar-refractivity contribution in [2.24, 2.45) is 0 Å². The van der Waals surface area contributed by atoms with E-state index in [9.17, 15) is 9.32 Å². The van der Waals surface area contributed by atoms with Gasteiger partial charge in [0.15, 0.2) is 0 Å². The maximum absolute atomic E-state index is 11.5. The quantitative estimate of drug-likeness (QED) is 0.898. The molecule has 0 spiro atoms. The minimum atomic E-state index is -0.682. The zero-order chi connectivity index (χ0) is 13.2. The molecule has 2 aromatic rings. The van der Waals surface area contributed by atoms with Crippen LogP contribution in [0.1, 0.15) is 5.69 Å². The Hall–Kier alpha value is -1.46. The van der Waals surface area contributed by atoms with Crippen molar-refractivity contribution < 1.29 is 9.32 Å². The van der Waals surface area contributed by atoms with E-state index in [0.29, 0.717) is 17.2 Å². The minimum Gasteiger partial charge on any atom is -0.390 e. The molecule has 100 valence electrons. The number of nitrogens with zero attached hydrogens (tertiary/aromatic N) is 2. The summed E-state index contributed by atoms with van der Waals surface area (Å²) >= 11 is 0. The van der Waals surface area contributed by atoms with Gasteiger partial charge in [-0.15, -0.1) is 0 Å². The summed E-state index contributed by atoms with van der Waals surface area (Å²) in [5.74, 6) is 1.43. The molecule has 0 aliphatic carbocycles. The number of para-hydroxylation sites is 1. The van der Waals surface area contributed by atoms with Crippen LogP contribution in [0, 0.1) is 0 Å². The molecule has 19 heavy (non-hydrogen) atoms. The third-order valence-electron chi connectivity index (χ3n) is 3.43. The number of pyridine rings is 1. The summed E-state index contributed by atoms with van der Waals surface area (Å²) < 4.78 is 11.5. The second kappa shape index (κ2) is 5.27. The van der Waals surface area contributed by atoms with Crippen molar-refractivity contribution in [2.75, 3.05) is 29.5 Å². The number of hydrogen-bond donors (Lipinski definition) is 1. The summed E-state index contributed by atoms with van der Waals surface area (Å²) in [6, 6.07) is 9.89. The molecule has 1 saturated heterocycles. The highest BCUT2D eigenvalue weighted by Crippen LogP contribution is 2.27. The van der Waals surface area contributed by atoms with Crippen LogP contribution < -0.4 is 4.90 Å². The fraction of sp³-hybridized carbons (Fsp3) is 0.357. The normalized spacial score (nSPS) is 17.0. The molecule has 1 aromatic heterocycles. The van der Waals surface area contributed by atoms with Gasteiger partial charge in [0.05, 0.1) is 17.8 Å². The second-order valence-electron chi connectivity index (χ2n) is 4.64. The molecule has 1 aliphatic heterocycles. The number of fused-ring (bicyclic) bond motifs is 1. The topological polar surface area (TPSA) is 53.4 Å². The fourth-order valence-electron chi connectivity index (χ4n) is 2.43. The molecule has 1 N–H and O–H groups in total. The maximum Gasteiger partial charge on any atom is 0.0854 e. The SMILES string of the molecule is O=S1CCN(c2cc(CO)nc3ccccc23)CC1.